The smallest absolute Gasteiger partial charge is 0.133 e. The highest BCUT2D eigenvalue weighted by molar-refractivity contribution is 9.10. The molecular formula is C13H18BrNO. The Labute approximate surface area is 106 Å². The fourth-order valence-corrected chi connectivity index (χ4v) is 2.07. The maximum Gasteiger partial charge on any atom is 0.133 e. The van der Waals surface area contributed by atoms with E-state index >= 15 is 0 Å². The first-order valence-electron chi connectivity index (χ1n) is 5.94. The van der Waals surface area contributed by atoms with Crippen LogP contribution in [0, 0.1) is 0 Å². The van der Waals surface area contributed by atoms with Crippen molar-refractivity contribution in [3.8, 4) is 5.75 Å². The largest absolute Gasteiger partial charge is 0.492 e. The Morgan fingerprint density at radius 2 is 2.25 bits per heavy atom. The lowest BCUT2D eigenvalue weighted by Gasteiger charge is -2.09. The molecule has 0 unspecified atom stereocenters. The molecule has 1 saturated carbocycles. The van der Waals surface area contributed by atoms with Gasteiger partial charge in [0.2, 0.25) is 0 Å². The lowest BCUT2D eigenvalue weighted by Crippen LogP contribution is -2.15. The summed E-state index contributed by atoms with van der Waals surface area (Å²) < 4.78 is 6.66. The molecule has 1 N–H and O–H groups in total. The number of rotatable bonds is 6. The van der Waals surface area contributed by atoms with Crippen molar-refractivity contribution in [1.82, 2.24) is 5.32 Å². The summed E-state index contributed by atoms with van der Waals surface area (Å²) in [4.78, 5) is 0. The molecule has 0 aliphatic heterocycles. The number of benzene rings is 1. The minimum atomic E-state index is 0.759. The van der Waals surface area contributed by atoms with E-state index < -0.39 is 0 Å². The van der Waals surface area contributed by atoms with Gasteiger partial charge in [0.25, 0.3) is 0 Å². The Bertz CT molecular complexity index is 350. The summed E-state index contributed by atoms with van der Waals surface area (Å²) in [5.41, 5.74) is 1.31. The first-order chi connectivity index (χ1) is 7.79. The number of nitrogens with one attached hydrogen (secondary N) is 1. The fourth-order valence-electron chi connectivity index (χ4n) is 1.53. The zero-order chi connectivity index (χ0) is 11.4. The Balaban J connectivity index is 1.91. The fraction of sp³-hybridized carbons (Fsp3) is 0.538. The van der Waals surface area contributed by atoms with Gasteiger partial charge < -0.3 is 10.1 Å². The van der Waals surface area contributed by atoms with Crippen LogP contribution in [-0.4, -0.2) is 12.6 Å². The van der Waals surface area contributed by atoms with Crippen molar-refractivity contribution in [2.24, 2.45) is 0 Å². The van der Waals surface area contributed by atoms with Crippen LogP contribution in [0.15, 0.2) is 22.7 Å². The summed E-state index contributed by atoms with van der Waals surface area (Å²) in [6, 6.07) is 7.07. The molecule has 0 spiro atoms. The summed E-state index contributed by atoms with van der Waals surface area (Å²) in [6.07, 6.45) is 3.70. The number of halogens is 1. The lowest BCUT2D eigenvalue weighted by atomic mass is 10.2. The third-order valence-electron chi connectivity index (χ3n) is 2.63. The highest BCUT2D eigenvalue weighted by Crippen LogP contribution is 2.26. The topological polar surface area (TPSA) is 21.3 Å². The van der Waals surface area contributed by atoms with Crippen molar-refractivity contribution in [2.45, 2.75) is 38.8 Å². The minimum Gasteiger partial charge on any atom is -0.492 e. The van der Waals surface area contributed by atoms with Gasteiger partial charge in [-0.3, -0.25) is 0 Å². The van der Waals surface area contributed by atoms with E-state index in [1.54, 1.807) is 0 Å². The van der Waals surface area contributed by atoms with Crippen LogP contribution in [0.1, 0.15) is 31.7 Å². The van der Waals surface area contributed by atoms with Crippen LogP contribution in [0.5, 0.6) is 5.75 Å². The normalized spacial score (nSPS) is 15.1. The number of hydrogen-bond donors (Lipinski definition) is 1. The van der Waals surface area contributed by atoms with Crippen LogP contribution >= 0.6 is 15.9 Å². The van der Waals surface area contributed by atoms with Gasteiger partial charge in [-0.15, -0.1) is 0 Å². The van der Waals surface area contributed by atoms with Gasteiger partial charge >= 0.3 is 0 Å². The Hall–Kier alpha value is -0.540. The highest BCUT2D eigenvalue weighted by Gasteiger charge is 2.19. The van der Waals surface area contributed by atoms with Crippen LogP contribution in [0.25, 0.3) is 0 Å². The molecule has 1 aromatic rings. The van der Waals surface area contributed by atoms with E-state index in [1.807, 2.05) is 6.07 Å². The van der Waals surface area contributed by atoms with Crippen molar-refractivity contribution in [2.75, 3.05) is 6.61 Å². The van der Waals surface area contributed by atoms with Crippen molar-refractivity contribution < 1.29 is 4.74 Å². The van der Waals surface area contributed by atoms with E-state index in [2.05, 4.69) is 40.3 Å². The number of hydrogen-bond acceptors (Lipinski definition) is 2. The summed E-state index contributed by atoms with van der Waals surface area (Å²) in [5, 5.41) is 3.50. The van der Waals surface area contributed by atoms with Crippen LogP contribution < -0.4 is 10.1 Å². The van der Waals surface area contributed by atoms with E-state index in [9.17, 15) is 0 Å². The van der Waals surface area contributed by atoms with Gasteiger partial charge in [-0.25, -0.2) is 0 Å². The van der Waals surface area contributed by atoms with Gasteiger partial charge in [-0.1, -0.05) is 13.0 Å². The second-order valence-electron chi connectivity index (χ2n) is 4.27. The minimum absolute atomic E-state index is 0.759. The molecule has 1 aromatic carbocycles. The standard InChI is InChI=1S/C13H18BrNO/c1-2-7-16-13-6-3-10(8-12(13)14)9-15-11-4-5-11/h3,6,8,11,15H,2,4-5,7,9H2,1H3. The van der Waals surface area contributed by atoms with Crippen LogP contribution in [0.3, 0.4) is 0 Å². The predicted octanol–water partition coefficient (Wildman–Crippen LogP) is 3.49. The van der Waals surface area contributed by atoms with E-state index in [0.717, 1.165) is 35.8 Å². The lowest BCUT2D eigenvalue weighted by molar-refractivity contribution is 0.315. The molecule has 1 fully saturated rings. The molecule has 2 nitrogen and oxygen atoms in total. The summed E-state index contributed by atoms with van der Waals surface area (Å²) >= 11 is 3.55. The zero-order valence-electron chi connectivity index (χ0n) is 9.63. The summed E-state index contributed by atoms with van der Waals surface area (Å²) in [5.74, 6) is 0.942. The molecule has 3 heteroatoms. The molecule has 0 amide bonds. The van der Waals surface area contributed by atoms with E-state index in [1.165, 1.54) is 18.4 Å². The third kappa shape index (κ3) is 3.49. The second-order valence-corrected chi connectivity index (χ2v) is 5.12. The van der Waals surface area contributed by atoms with Gasteiger partial charge in [-0.05, 0) is 52.9 Å². The molecule has 1 aliphatic rings. The van der Waals surface area contributed by atoms with Gasteiger partial charge in [-0.2, -0.15) is 0 Å². The molecule has 88 valence electrons. The molecule has 0 bridgehead atoms. The molecular weight excluding hydrogens is 266 g/mol. The maximum absolute atomic E-state index is 5.61. The molecule has 2 rings (SSSR count). The maximum atomic E-state index is 5.61. The SMILES string of the molecule is CCCOc1ccc(CNC2CC2)cc1Br. The van der Waals surface area contributed by atoms with Gasteiger partial charge in [0.05, 0.1) is 11.1 Å². The first kappa shape index (κ1) is 11.9. The van der Waals surface area contributed by atoms with Gasteiger partial charge in [0.1, 0.15) is 5.75 Å². The average molecular weight is 284 g/mol. The van der Waals surface area contributed by atoms with E-state index in [-0.39, 0.29) is 0 Å². The first-order valence-corrected chi connectivity index (χ1v) is 6.73. The Morgan fingerprint density at radius 1 is 1.44 bits per heavy atom. The van der Waals surface area contributed by atoms with E-state index in [0.29, 0.717) is 0 Å². The summed E-state index contributed by atoms with van der Waals surface area (Å²) in [6.45, 7) is 3.84. The van der Waals surface area contributed by atoms with Crippen LogP contribution in [0.4, 0.5) is 0 Å². The highest BCUT2D eigenvalue weighted by atomic mass is 79.9. The molecule has 0 radical (unpaired) electrons. The molecule has 0 aromatic heterocycles. The van der Waals surface area contributed by atoms with Crippen LogP contribution in [-0.2, 0) is 6.54 Å². The van der Waals surface area contributed by atoms with Crippen molar-refractivity contribution in [3.63, 3.8) is 0 Å². The number of ether oxygens (including phenoxy) is 1. The van der Waals surface area contributed by atoms with Crippen molar-refractivity contribution in [1.29, 1.82) is 0 Å². The monoisotopic (exact) mass is 283 g/mol. The predicted molar refractivity (Wildman–Crippen MR) is 69.8 cm³/mol. The molecule has 0 atom stereocenters. The van der Waals surface area contributed by atoms with Crippen molar-refractivity contribution >= 4 is 15.9 Å². The zero-order valence-corrected chi connectivity index (χ0v) is 11.2. The van der Waals surface area contributed by atoms with E-state index in [4.69, 9.17) is 4.74 Å². The molecule has 16 heavy (non-hydrogen) atoms. The summed E-state index contributed by atoms with van der Waals surface area (Å²) in [7, 11) is 0. The van der Waals surface area contributed by atoms with Crippen LogP contribution in [0.2, 0.25) is 0 Å². The average Bonchev–Trinajstić information content (AvgIpc) is 3.09. The van der Waals surface area contributed by atoms with Gasteiger partial charge in [0, 0.05) is 12.6 Å². The Morgan fingerprint density at radius 3 is 2.88 bits per heavy atom. The molecule has 0 heterocycles. The second kappa shape index (κ2) is 5.69. The quantitative estimate of drug-likeness (QED) is 0.863. The van der Waals surface area contributed by atoms with Gasteiger partial charge in [0.15, 0.2) is 0 Å². The third-order valence-corrected chi connectivity index (χ3v) is 3.25. The molecule has 1 aliphatic carbocycles. The van der Waals surface area contributed by atoms with Crippen molar-refractivity contribution in [3.05, 3.63) is 28.2 Å². The Kier molecular flexibility index (Phi) is 4.24. The molecule has 0 saturated heterocycles.